The largest absolute Gasteiger partial charge is 0.360 e. The van der Waals surface area contributed by atoms with Gasteiger partial charge in [-0.15, -0.1) is 11.3 Å². The Morgan fingerprint density at radius 2 is 2.12 bits per heavy atom. The van der Waals surface area contributed by atoms with Crippen molar-refractivity contribution in [3.8, 4) is 0 Å². The Labute approximate surface area is 117 Å². The van der Waals surface area contributed by atoms with Crippen molar-refractivity contribution in [2.45, 2.75) is 44.7 Å². The van der Waals surface area contributed by atoms with E-state index >= 15 is 0 Å². The lowest BCUT2D eigenvalue weighted by Crippen LogP contribution is -2.42. The van der Waals surface area contributed by atoms with Gasteiger partial charge in [-0.2, -0.15) is 0 Å². The Kier molecular flexibility index (Phi) is 5.07. The summed E-state index contributed by atoms with van der Waals surface area (Å²) in [5.74, 6) is 0. The summed E-state index contributed by atoms with van der Waals surface area (Å²) in [6, 6.07) is 4.51. The van der Waals surface area contributed by atoms with Crippen LogP contribution in [0.25, 0.3) is 0 Å². The Balaban J connectivity index is 1.70. The molecule has 0 saturated heterocycles. The number of hydrogen-bond acceptors (Lipinski definition) is 2. The minimum absolute atomic E-state index is 0.565. The first kappa shape index (κ1) is 13.1. The van der Waals surface area contributed by atoms with E-state index in [1.807, 2.05) is 12.1 Å². The fourth-order valence-corrected chi connectivity index (χ4v) is 3.36. The molecule has 2 N–H and O–H groups in total. The average Bonchev–Trinajstić information content (AvgIpc) is 2.74. The summed E-state index contributed by atoms with van der Waals surface area (Å²) < 4.78 is 0.827. The molecule has 17 heavy (non-hydrogen) atoms. The van der Waals surface area contributed by atoms with Crippen molar-refractivity contribution in [1.82, 2.24) is 10.6 Å². The molecule has 0 aliphatic heterocycles. The Bertz CT molecular complexity index is 372. The van der Waals surface area contributed by atoms with Crippen LogP contribution in [0.2, 0.25) is 4.34 Å². The number of hydrogen-bond donors (Lipinski definition) is 2. The van der Waals surface area contributed by atoms with Gasteiger partial charge in [-0.25, -0.2) is 0 Å². The monoisotopic (exact) mass is 288 g/mol. The number of rotatable bonds is 3. The fourth-order valence-electron chi connectivity index (χ4n) is 2.10. The quantitative estimate of drug-likeness (QED) is 0.830. The highest BCUT2D eigenvalue weighted by Crippen LogP contribution is 2.21. The third-order valence-electron chi connectivity index (χ3n) is 2.99. The molecule has 0 aromatic carbocycles. The van der Waals surface area contributed by atoms with Crippen molar-refractivity contribution < 1.29 is 0 Å². The number of thiocarbonyl (C=S) groups is 1. The SMILES string of the molecule is S=C(NCc1ccc(Cl)s1)NC1CCCCC1. The van der Waals surface area contributed by atoms with Gasteiger partial charge in [-0.05, 0) is 37.2 Å². The maximum absolute atomic E-state index is 5.87. The van der Waals surface area contributed by atoms with Crippen LogP contribution < -0.4 is 10.6 Å². The second kappa shape index (κ2) is 6.57. The Morgan fingerprint density at radius 1 is 1.35 bits per heavy atom. The van der Waals surface area contributed by atoms with Gasteiger partial charge < -0.3 is 10.6 Å². The summed E-state index contributed by atoms with van der Waals surface area (Å²) in [4.78, 5) is 1.21. The molecule has 1 aliphatic carbocycles. The van der Waals surface area contributed by atoms with Gasteiger partial charge >= 0.3 is 0 Å². The highest BCUT2D eigenvalue weighted by molar-refractivity contribution is 7.80. The van der Waals surface area contributed by atoms with Crippen LogP contribution >= 0.6 is 35.2 Å². The summed E-state index contributed by atoms with van der Waals surface area (Å²) in [6.07, 6.45) is 6.49. The summed E-state index contributed by atoms with van der Waals surface area (Å²) in [5.41, 5.74) is 0. The zero-order chi connectivity index (χ0) is 12.1. The highest BCUT2D eigenvalue weighted by atomic mass is 35.5. The molecule has 1 aliphatic rings. The zero-order valence-corrected chi connectivity index (χ0v) is 12.1. The molecule has 1 saturated carbocycles. The van der Waals surface area contributed by atoms with Crippen molar-refractivity contribution in [3.05, 3.63) is 21.3 Å². The first-order valence-electron chi connectivity index (χ1n) is 6.02. The highest BCUT2D eigenvalue weighted by Gasteiger charge is 2.13. The van der Waals surface area contributed by atoms with E-state index in [0.717, 1.165) is 16.0 Å². The molecular weight excluding hydrogens is 272 g/mol. The summed E-state index contributed by atoms with van der Waals surface area (Å²) in [6.45, 7) is 0.760. The lowest BCUT2D eigenvalue weighted by atomic mass is 9.96. The van der Waals surface area contributed by atoms with Crippen molar-refractivity contribution >= 4 is 40.3 Å². The van der Waals surface area contributed by atoms with Gasteiger partial charge in [0.15, 0.2) is 5.11 Å². The normalized spacial score (nSPS) is 16.8. The summed E-state index contributed by atoms with van der Waals surface area (Å²) in [7, 11) is 0. The lowest BCUT2D eigenvalue weighted by Gasteiger charge is -2.24. The van der Waals surface area contributed by atoms with Gasteiger partial charge in [-0.3, -0.25) is 0 Å². The smallest absolute Gasteiger partial charge is 0.166 e. The van der Waals surface area contributed by atoms with Gasteiger partial charge in [0.2, 0.25) is 0 Å². The van der Waals surface area contributed by atoms with Crippen molar-refractivity contribution in [2.75, 3.05) is 0 Å². The predicted molar refractivity (Wildman–Crippen MR) is 78.8 cm³/mol. The fraction of sp³-hybridized carbons (Fsp3) is 0.583. The first-order chi connectivity index (χ1) is 8.24. The van der Waals surface area contributed by atoms with Crippen LogP contribution in [0.1, 0.15) is 37.0 Å². The predicted octanol–water partition coefficient (Wildman–Crippen LogP) is 3.70. The van der Waals surface area contributed by atoms with Crippen molar-refractivity contribution in [1.29, 1.82) is 0 Å². The second-order valence-electron chi connectivity index (χ2n) is 4.37. The summed E-state index contributed by atoms with van der Waals surface area (Å²) in [5, 5.41) is 7.38. The minimum atomic E-state index is 0.565. The van der Waals surface area contributed by atoms with Gasteiger partial charge in [0.25, 0.3) is 0 Å². The van der Waals surface area contributed by atoms with Crippen LogP contribution in [-0.4, -0.2) is 11.2 Å². The lowest BCUT2D eigenvalue weighted by molar-refractivity contribution is 0.412. The van der Waals surface area contributed by atoms with Crippen LogP contribution in [0.5, 0.6) is 0 Å². The van der Waals surface area contributed by atoms with Gasteiger partial charge in [0.1, 0.15) is 0 Å². The van der Waals surface area contributed by atoms with E-state index in [1.165, 1.54) is 37.0 Å². The van der Waals surface area contributed by atoms with Crippen LogP contribution in [-0.2, 0) is 6.54 Å². The van der Waals surface area contributed by atoms with Crippen LogP contribution in [0.15, 0.2) is 12.1 Å². The minimum Gasteiger partial charge on any atom is -0.360 e. The van der Waals surface area contributed by atoms with Gasteiger partial charge in [0, 0.05) is 10.9 Å². The zero-order valence-electron chi connectivity index (χ0n) is 9.67. The van der Waals surface area contributed by atoms with Crippen LogP contribution in [0.4, 0.5) is 0 Å². The molecule has 1 fully saturated rings. The number of halogens is 1. The van der Waals surface area contributed by atoms with E-state index in [4.69, 9.17) is 23.8 Å². The van der Waals surface area contributed by atoms with E-state index in [9.17, 15) is 0 Å². The topological polar surface area (TPSA) is 24.1 Å². The maximum atomic E-state index is 5.87. The molecular formula is C12H17ClN2S2. The van der Waals surface area contributed by atoms with Crippen LogP contribution in [0.3, 0.4) is 0 Å². The van der Waals surface area contributed by atoms with Crippen molar-refractivity contribution in [3.63, 3.8) is 0 Å². The van der Waals surface area contributed by atoms with E-state index in [2.05, 4.69) is 10.6 Å². The van der Waals surface area contributed by atoms with E-state index < -0.39 is 0 Å². The molecule has 1 heterocycles. The number of nitrogens with one attached hydrogen (secondary N) is 2. The molecule has 0 bridgehead atoms. The average molecular weight is 289 g/mol. The van der Waals surface area contributed by atoms with E-state index in [1.54, 1.807) is 11.3 Å². The second-order valence-corrected chi connectivity index (χ2v) is 6.58. The third kappa shape index (κ3) is 4.45. The molecule has 0 radical (unpaired) electrons. The molecule has 1 aromatic heterocycles. The van der Waals surface area contributed by atoms with Gasteiger partial charge in [0.05, 0.1) is 10.9 Å². The number of thiophene rings is 1. The van der Waals surface area contributed by atoms with E-state index in [-0.39, 0.29) is 0 Å². The molecule has 5 heteroatoms. The molecule has 1 aromatic rings. The Morgan fingerprint density at radius 3 is 2.76 bits per heavy atom. The molecule has 2 rings (SSSR count). The molecule has 94 valence electrons. The van der Waals surface area contributed by atoms with Crippen LogP contribution in [0, 0.1) is 0 Å². The third-order valence-corrected chi connectivity index (χ3v) is 4.49. The molecule has 0 unspecified atom stereocenters. The first-order valence-corrected chi connectivity index (χ1v) is 7.63. The molecule has 0 spiro atoms. The van der Waals surface area contributed by atoms with Gasteiger partial charge in [-0.1, -0.05) is 30.9 Å². The molecule has 0 atom stereocenters. The standard InChI is InChI=1S/C12H17ClN2S2/c13-11-7-6-10(17-11)8-14-12(16)15-9-4-2-1-3-5-9/h6-7,9H,1-5,8H2,(H2,14,15,16). The Hall–Kier alpha value is -0.320. The summed E-state index contributed by atoms with van der Waals surface area (Å²) >= 11 is 12.8. The maximum Gasteiger partial charge on any atom is 0.166 e. The molecule has 0 amide bonds. The molecule has 2 nitrogen and oxygen atoms in total. The van der Waals surface area contributed by atoms with E-state index in [0.29, 0.717) is 6.04 Å². The van der Waals surface area contributed by atoms with Crippen molar-refractivity contribution in [2.24, 2.45) is 0 Å².